The number of aryl methyl sites for hydroxylation is 1. The van der Waals surface area contributed by atoms with Crippen molar-refractivity contribution in [2.45, 2.75) is 45.3 Å². The van der Waals surface area contributed by atoms with Crippen LogP contribution >= 0.6 is 0 Å². The van der Waals surface area contributed by atoms with Crippen molar-refractivity contribution in [1.82, 2.24) is 29.7 Å². The molecule has 202 valence electrons. The normalized spacial score (nSPS) is 15.8. The van der Waals surface area contributed by atoms with E-state index in [4.69, 9.17) is 4.98 Å². The van der Waals surface area contributed by atoms with E-state index in [0.717, 1.165) is 71.4 Å². The summed E-state index contributed by atoms with van der Waals surface area (Å²) in [4.78, 5) is 19.5. The molecule has 4 heterocycles. The molecule has 1 aliphatic carbocycles. The number of aromatic amines is 1. The molecule has 0 radical (unpaired) electrons. The Balaban J connectivity index is 1.15. The fraction of sp³-hybridized carbons (Fsp3) is 0.333. The molecular weight excluding hydrogens is 514 g/mol. The van der Waals surface area contributed by atoms with E-state index in [-0.39, 0.29) is 11.7 Å². The Labute approximate surface area is 221 Å². The molecule has 2 aliphatic rings. The van der Waals surface area contributed by atoms with E-state index in [2.05, 4.69) is 29.7 Å². The number of nitrogens with zero attached hydrogens (tertiary/aromatic N) is 6. The lowest BCUT2D eigenvalue weighted by Gasteiger charge is -2.32. The van der Waals surface area contributed by atoms with Crippen LogP contribution in [0, 0.1) is 6.92 Å². The quantitative estimate of drug-likeness (QED) is 0.297. The van der Waals surface area contributed by atoms with E-state index in [1.165, 1.54) is 24.5 Å². The van der Waals surface area contributed by atoms with E-state index >= 15 is 0 Å². The van der Waals surface area contributed by atoms with Crippen molar-refractivity contribution >= 4 is 17.5 Å². The summed E-state index contributed by atoms with van der Waals surface area (Å²) < 4.78 is 55.9. The Morgan fingerprint density at radius 3 is 2.49 bits per heavy atom. The van der Waals surface area contributed by atoms with Crippen LogP contribution in [0.5, 0.6) is 5.75 Å². The lowest BCUT2D eigenvalue weighted by molar-refractivity contribution is -0.0498. The number of imidazole rings is 1. The van der Waals surface area contributed by atoms with Crippen molar-refractivity contribution in [3.05, 3.63) is 71.3 Å². The molecule has 0 spiro atoms. The number of hydrogen-bond acceptors (Lipinski definition) is 6. The summed E-state index contributed by atoms with van der Waals surface area (Å²) in [7, 11) is 0. The molecular formula is C27H25F4N7O. The molecule has 1 saturated heterocycles. The number of fused-ring (bicyclic) bond motifs is 1. The van der Waals surface area contributed by atoms with Gasteiger partial charge in [0.25, 0.3) is 0 Å². The fourth-order valence-electron chi connectivity index (χ4n) is 5.28. The number of H-pyrrole nitrogens is 1. The largest absolute Gasteiger partial charge is 0.435 e. The third-order valence-corrected chi connectivity index (χ3v) is 7.23. The highest BCUT2D eigenvalue weighted by molar-refractivity contribution is 5.90. The molecule has 0 amide bonds. The van der Waals surface area contributed by atoms with Crippen LogP contribution in [0.15, 0.2) is 43.0 Å². The van der Waals surface area contributed by atoms with Crippen molar-refractivity contribution < 1.29 is 22.3 Å². The number of rotatable bonds is 7. The van der Waals surface area contributed by atoms with Gasteiger partial charge in [0.2, 0.25) is 0 Å². The summed E-state index contributed by atoms with van der Waals surface area (Å²) in [5.41, 5.74) is 5.87. The van der Waals surface area contributed by atoms with Crippen molar-refractivity contribution in [3.8, 4) is 17.0 Å². The number of allylic oxidation sites excluding steroid dienone is 1. The van der Waals surface area contributed by atoms with Crippen LogP contribution in [0.4, 0.5) is 23.4 Å². The third-order valence-electron chi connectivity index (χ3n) is 7.23. The molecule has 0 unspecified atom stereocenters. The molecule has 1 fully saturated rings. The van der Waals surface area contributed by atoms with Gasteiger partial charge in [0.15, 0.2) is 0 Å². The highest BCUT2D eigenvalue weighted by atomic mass is 19.3. The highest BCUT2D eigenvalue weighted by Crippen LogP contribution is 2.37. The maximum Gasteiger partial charge on any atom is 0.387 e. The number of ether oxygens (including phenoxy) is 1. The maximum atomic E-state index is 13.0. The van der Waals surface area contributed by atoms with E-state index in [1.807, 2.05) is 13.0 Å². The lowest BCUT2D eigenvalue weighted by Crippen LogP contribution is -2.34. The highest BCUT2D eigenvalue weighted by Gasteiger charge is 2.28. The number of alkyl halides is 4. The van der Waals surface area contributed by atoms with Gasteiger partial charge in [-0.3, -0.25) is 0 Å². The topological polar surface area (TPSA) is 84.8 Å². The second-order valence-corrected chi connectivity index (χ2v) is 9.65. The molecule has 1 N–H and O–H groups in total. The summed E-state index contributed by atoms with van der Waals surface area (Å²) >= 11 is 0. The predicted octanol–water partition coefficient (Wildman–Crippen LogP) is 5.85. The second-order valence-electron chi connectivity index (χ2n) is 9.65. The first-order valence-electron chi connectivity index (χ1n) is 12.6. The molecule has 8 nitrogen and oxygen atoms in total. The Morgan fingerprint density at radius 1 is 1.03 bits per heavy atom. The first-order chi connectivity index (χ1) is 18.9. The Kier molecular flexibility index (Phi) is 6.53. The van der Waals surface area contributed by atoms with Crippen LogP contribution in [0.2, 0.25) is 0 Å². The van der Waals surface area contributed by atoms with Crippen molar-refractivity contribution in [2.75, 3.05) is 18.0 Å². The van der Waals surface area contributed by atoms with Crippen LogP contribution in [0.25, 0.3) is 22.9 Å². The van der Waals surface area contributed by atoms with Crippen molar-refractivity contribution in [3.63, 3.8) is 0 Å². The van der Waals surface area contributed by atoms with Gasteiger partial charge in [-0.25, -0.2) is 19.6 Å². The zero-order valence-corrected chi connectivity index (χ0v) is 21.0. The summed E-state index contributed by atoms with van der Waals surface area (Å²) in [5.74, 6) is 2.09. The van der Waals surface area contributed by atoms with Crippen molar-refractivity contribution in [2.24, 2.45) is 0 Å². The lowest BCUT2D eigenvalue weighted by atomic mass is 9.96. The van der Waals surface area contributed by atoms with Gasteiger partial charge in [-0.1, -0.05) is 0 Å². The minimum Gasteiger partial charge on any atom is -0.435 e. The van der Waals surface area contributed by atoms with Crippen LogP contribution < -0.4 is 9.64 Å². The predicted molar refractivity (Wildman–Crippen MR) is 137 cm³/mol. The summed E-state index contributed by atoms with van der Waals surface area (Å²) in [6.45, 7) is -2.05. The summed E-state index contributed by atoms with van der Waals surface area (Å²) in [5, 5.41) is 3.75. The monoisotopic (exact) mass is 539 g/mol. The molecule has 6 rings (SSSR count). The second kappa shape index (κ2) is 10.2. The van der Waals surface area contributed by atoms with Gasteiger partial charge in [0.05, 0.1) is 17.6 Å². The average Bonchev–Trinajstić information content (AvgIpc) is 3.67. The Hall–Kier alpha value is -4.22. The van der Waals surface area contributed by atoms with Gasteiger partial charge in [0.1, 0.15) is 23.7 Å². The molecule has 1 aromatic carbocycles. The van der Waals surface area contributed by atoms with Gasteiger partial charge in [-0.2, -0.15) is 22.7 Å². The summed E-state index contributed by atoms with van der Waals surface area (Å²) in [6.07, 6.45) is 8.61. The minimum absolute atomic E-state index is 0.107. The molecule has 0 bridgehead atoms. The zero-order valence-electron chi connectivity index (χ0n) is 21.0. The number of aromatic nitrogens is 6. The number of benzene rings is 1. The molecule has 0 saturated carbocycles. The van der Waals surface area contributed by atoms with Gasteiger partial charge in [0, 0.05) is 54.0 Å². The van der Waals surface area contributed by atoms with E-state index in [0.29, 0.717) is 16.7 Å². The number of hydrogen-bond donors (Lipinski definition) is 1. The number of anilines is 1. The third kappa shape index (κ3) is 4.98. The van der Waals surface area contributed by atoms with Crippen LogP contribution in [-0.4, -0.2) is 49.4 Å². The van der Waals surface area contributed by atoms with E-state index in [1.54, 1.807) is 18.5 Å². The molecule has 39 heavy (non-hydrogen) atoms. The van der Waals surface area contributed by atoms with Gasteiger partial charge < -0.3 is 14.6 Å². The molecule has 0 atom stereocenters. The number of piperidine rings is 1. The first-order valence-corrected chi connectivity index (χ1v) is 12.6. The minimum atomic E-state index is -2.86. The van der Waals surface area contributed by atoms with E-state index in [9.17, 15) is 17.6 Å². The average molecular weight is 540 g/mol. The molecule has 4 aromatic rings. The standard InChI is InChI=1S/C27H25F4N7O/c1-15-23(16-2-4-20(5-3-16)39-27(30)31)36-24(35-15)17-6-8-37(9-7-17)25-21-10-18(11-22(21)32-14-33-25)19-12-34-38(13-19)26(28)29/h2-5,10,12-14,17,26-27H,6-9,11H2,1H3,(H,35,36). The zero-order chi connectivity index (χ0) is 27.1. The van der Waals surface area contributed by atoms with Gasteiger partial charge in [-0.05, 0) is 55.7 Å². The van der Waals surface area contributed by atoms with Crippen LogP contribution in [0.3, 0.4) is 0 Å². The number of halogens is 4. The smallest absolute Gasteiger partial charge is 0.387 e. The molecule has 1 aliphatic heterocycles. The van der Waals surface area contributed by atoms with E-state index < -0.39 is 13.2 Å². The summed E-state index contributed by atoms with van der Waals surface area (Å²) in [6, 6.07) is 6.48. The van der Waals surface area contributed by atoms with Crippen molar-refractivity contribution in [1.29, 1.82) is 0 Å². The van der Waals surface area contributed by atoms with Gasteiger partial charge in [-0.15, -0.1) is 0 Å². The van der Waals surface area contributed by atoms with Crippen LogP contribution in [0.1, 0.15) is 53.6 Å². The number of nitrogens with one attached hydrogen (secondary N) is 1. The SMILES string of the molecule is Cc1[nH]c(C2CCN(c3ncnc4c3C=C(c3cnn(C(F)F)c3)C4)CC2)nc1-c1ccc(OC(F)F)cc1. The Bertz CT molecular complexity index is 1500. The first kappa shape index (κ1) is 25.1. The Morgan fingerprint density at radius 2 is 1.79 bits per heavy atom. The van der Waals surface area contributed by atoms with Crippen LogP contribution in [-0.2, 0) is 6.42 Å². The molecule has 3 aromatic heterocycles. The maximum absolute atomic E-state index is 13.0. The fourth-order valence-corrected chi connectivity index (χ4v) is 5.28. The molecule has 12 heteroatoms. The van der Waals surface area contributed by atoms with Gasteiger partial charge >= 0.3 is 13.2 Å².